The van der Waals surface area contributed by atoms with Crippen LogP contribution in [-0.2, 0) is 10.0 Å². The fraction of sp³-hybridized carbons (Fsp3) is 0.429. The molecular formula is C14H17N3O3S3. The van der Waals surface area contributed by atoms with E-state index >= 15 is 0 Å². The maximum Gasteiger partial charge on any atom is 0.269 e. The van der Waals surface area contributed by atoms with Crippen LogP contribution in [0.15, 0.2) is 29.2 Å². The number of carbonyl (C=O) groups is 1. The van der Waals surface area contributed by atoms with Crippen LogP contribution in [0.4, 0.5) is 0 Å². The summed E-state index contributed by atoms with van der Waals surface area (Å²) in [5.74, 6) is -0.463. The number of carbonyl (C=O) groups excluding carboxylic acids is 1. The van der Waals surface area contributed by atoms with Gasteiger partial charge in [-0.15, -0.1) is 0 Å². The third-order valence-corrected chi connectivity index (χ3v) is 7.43. The molecular weight excluding hydrogens is 354 g/mol. The van der Waals surface area contributed by atoms with Crippen molar-refractivity contribution in [1.29, 1.82) is 0 Å². The largest absolute Gasteiger partial charge is 0.355 e. The van der Waals surface area contributed by atoms with E-state index in [4.69, 9.17) is 12.2 Å². The summed E-state index contributed by atoms with van der Waals surface area (Å²) in [7, 11) is -1.70. The molecule has 0 aliphatic carbocycles. The highest BCUT2D eigenvalue weighted by Gasteiger charge is 2.41. The number of likely N-dealkylation sites (N-methyl/N-ethyl adjacent to an activating group) is 1. The average molecular weight is 372 g/mol. The van der Waals surface area contributed by atoms with E-state index in [2.05, 4.69) is 16.8 Å². The molecule has 2 aliphatic heterocycles. The topological polar surface area (TPSA) is 60.9 Å². The highest BCUT2D eigenvalue weighted by molar-refractivity contribution is 8.23. The summed E-state index contributed by atoms with van der Waals surface area (Å²) >= 11 is 6.61. The van der Waals surface area contributed by atoms with Gasteiger partial charge in [-0.25, -0.2) is 12.7 Å². The average Bonchev–Trinajstić information content (AvgIpc) is 2.73. The Kier molecular flexibility index (Phi) is 4.63. The molecule has 0 unspecified atom stereocenters. The first kappa shape index (κ1) is 16.7. The number of amides is 1. The minimum absolute atomic E-state index is 0.0149. The highest BCUT2D eigenvalue weighted by Crippen LogP contribution is 2.31. The molecule has 1 saturated heterocycles. The molecule has 0 aromatic heterocycles. The van der Waals surface area contributed by atoms with Crippen molar-refractivity contribution in [2.45, 2.75) is 4.90 Å². The monoisotopic (exact) mass is 371 g/mol. The zero-order chi connectivity index (χ0) is 16.6. The standard InChI is InChI=1S/C14H17N3O3S3/c1-15-6-8-16(9-7-15)14(21)22-10-17-13(18)11-4-2-3-5-12(11)23(17,19)20/h2-5H,6-10H2,1H3. The van der Waals surface area contributed by atoms with E-state index in [-0.39, 0.29) is 16.3 Å². The Hall–Kier alpha value is -1.16. The van der Waals surface area contributed by atoms with Crippen molar-refractivity contribution in [2.75, 3.05) is 39.1 Å². The Morgan fingerprint density at radius 3 is 2.52 bits per heavy atom. The highest BCUT2D eigenvalue weighted by atomic mass is 32.2. The van der Waals surface area contributed by atoms with Gasteiger partial charge in [0.05, 0.1) is 11.4 Å². The molecule has 0 saturated carbocycles. The minimum Gasteiger partial charge on any atom is -0.355 e. The number of hydrogen-bond acceptors (Lipinski definition) is 6. The third-order valence-electron chi connectivity index (χ3n) is 3.98. The molecule has 9 heteroatoms. The van der Waals surface area contributed by atoms with Crippen LogP contribution in [0.1, 0.15) is 10.4 Å². The van der Waals surface area contributed by atoms with E-state index in [9.17, 15) is 13.2 Å². The molecule has 1 aromatic rings. The predicted molar refractivity (Wildman–Crippen MR) is 93.9 cm³/mol. The van der Waals surface area contributed by atoms with Gasteiger partial charge in [-0.2, -0.15) is 0 Å². The number of benzene rings is 1. The zero-order valence-corrected chi connectivity index (χ0v) is 15.1. The van der Waals surface area contributed by atoms with Crippen molar-refractivity contribution in [2.24, 2.45) is 0 Å². The Bertz CT molecular complexity index is 743. The normalized spacial score (nSPS) is 20.7. The molecule has 1 amide bonds. The molecule has 0 bridgehead atoms. The second-order valence-corrected chi connectivity index (χ2v) is 8.89. The summed E-state index contributed by atoms with van der Waals surface area (Å²) in [5, 5.41) is 0. The van der Waals surface area contributed by atoms with E-state index in [0.717, 1.165) is 30.5 Å². The van der Waals surface area contributed by atoms with Crippen LogP contribution >= 0.6 is 24.0 Å². The number of thiocarbonyl (C=S) groups is 1. The molecule has 3 rings (SSSR count). The SMILES string of the molecule is CN1CCN(C(=S)SCN2C(=O)c3ccccc3S2(=O)=O)CC1. The summed E-state index contributed by atoms with van der Waals surface area (Å²) < 4.78 is 26.5. The maximum atomic E-state index is 12.5. The van der Waals surface area contributed by atoms with Crippen LogP contribution in [0.2, 0.25) is 0 Å². The molecule has 124 valence electrons. The van der Waals surface area contributed by atoms with Crippen LogP contribution in [0, 0.1) is 0 Å². The van der Waals surface area contributed by atoms with Crippen LogP contribution in [0.25, 0.3) is 0 Å². The number of rotatable bonds is 2. The zero-order valence-electron chi connectivity index (χ0n) is 12.6. The van der Waals surface area contributed by atoms with Gasteiger partial charge in [-0.3, -0.25) is 4.79 Å². The summed E-state index contributed by atoms with van der Waals surface area (Å²) in [6.07, 6.45) is 0. The lowest BCUT2D eigenvalue weighted by atomic mass is 10.2. The lowest BCUT2D eigenvalue weighted by Crippen LogP contribution is -2.46. The molecule has 0 atom stereocenters. The fourth-order valence-corrected chi connectivity index (χ4v) is 5.55. The summed E-state index contributed by atoms with van der Waals surface area (Å²) in [6, 6.07) is 6.29. The first-order valence-corrected chi connectivity index (χ1v) is 10.0. The van der Waals surface area contributed by atoms with Gasteiger partial charge in [0.1, 0.15) is 9.22 Å². The molecule has 23 heavy (non-hydrogen) atoms. The summed E-state index contributed by atoms with van der Waals surface area (Å²) in [6.45, 7) is 3.49. The Morgan fingerprint density at radius 1 is 1.22 bits per heavy atom. The molecule has 0 spiro atoms. The second kappa shape index (κ2) is 6.39. The maximum absolute atomic E-state index is 12.5. The molecule has 1 aromatic carbocycles. The predicted octanol–water partition coefficient (Wildman–Crippen LogP) is 1.05. The molecule has 0 N–H and O–H groups in total. The number of hydrogen-bond donors (Lipinski definition) is 0. The smallest absolute Gasteiger partial charge is 0.269 e. The molecule has 1 fully saturated rings. The molecule has 6 nitrogen and oxygen atoms in total. The van der Waals surface area contributed by atoms with Crippen molar-refractivity contribution in [3.63, 3.8) is 0 Å². The number of thioether (sulfide) groups is 1. The molecule has 2 heterocycles. The van der Waals surface area contributed by atoms with Crippen molar-refractivity contribution in [3.8, 4) is 0 Å². The first-order chi connectivity index (χ1) is 10.9. The van der Waals surface area contributed by atoms with Crippen LogP contribution < -0.4 is 0 Å². The van der Waals surface area contributed by atoms with E-state index in [1.54, 1.807) is 18.2 Å². The van der Waals surface area contributed by atoms with E-state index in [0.29, 0.717) is 4.32 Å². The van der Waals surface area contributed by atoms with Crippen LogP contribution in [0.3, 0.4) is 0 Å². The van der Waals surface area contributed by atoms with E-state index < -0.39 is 15.9 Å². The second-order valence-electron chi connectivity index (χ2n) is 5.48. The van der Waals surface area contributed by atoms with Gasteiger partial charge in [0.25, 0.3) is 15.9 Å². The lowest BCUT2D eigenvalue weighted by Gasteiger charge is -2.34. The van der Waals surface area contributed by atoms with Gasteiger partial charge in [-0.05, 0) is 19.2 Å². The minimum atomic E-state index is -3.75. The third kappa shape index (κ3) is 3.10. The van der Waals surface area contributed by atoms with Gasteiger partial charge in [0.2, 0.25) is 0 Å². The first-order valence-electron chi connectivity index (χ1n) is 7.17. The van der Waals surface area contributed by atoms with E-state index in [1.807, 2.05) is 0 Å². The Morgan fingerprint density at radius 2 is 1.87 bits per heavy atom. The van der Waals surface area contributed by atoms with E-state index in [1.165, 1.54) is 17.8 Å². The van der Waals surface area contributed by atoms with Crippen molar-refractivity contribution in [3.05, 3.63) is 29.8 Å². The van der Waals surface area contributed by atoms with Gasteiger partial charge in [-0.1, -0.05) is 36.1 Å². The number of nitrogens with zero attached hydrogens (tertiary/aromatic N) is 3. The molecule has 0 radical (unpaired) electrons. The lowest BCUT2D eigenvalue weighted by molar-refractivity contribution is 0.0887. The van der Waals surface area contributed by atoms with Gasteiger partial charge in [0, 0.05) is 26.2 Å². The quantitative estimate of drug-likeness (QED) is 0.720. The fourth-order valence-electron chi connectivity index (χ4n) is 2.55. The van der Waals surface area contributed by atoms with Crippen LogP contribution in [-0.4, -0.2) is 71.9 Å². The number of sulfonamides is 1. The van der Waals surface area contributed by atoms with Gasteiger partial charge >= 0.3 is 0 Å². The van der Waals surface area contributed by atoms with Gasteiger partial charge in [0.15, 0.2) is 0 Å². The number of piperazine rings is 1. The summed E-state index contributed by atoms with van der Waals surface area (Å²) in [5.41, 5.74) is 0.235. The number of fused-ring (bicyclic) bond motifs is 1. The van der Waals surface area contributed by atoms with Crippen LogP contribution in [0.5, 0.6) is 0 Å². The summed E-state index contributed by atoms with van der Waals surface area (Å²) in [4.78, 5) is 16.7. The van der Waals surface area contributed by atoms with Crippen molar-refractivity contribution >= 4 is 44.2 Å². The van der Waals surface area contributed by atoms with Gasteiger partial charge < -0.3 is 9.80 Å². The van der Waals surface area contributed by atoms with Crippen molar-refractivity contribution < 1.29 is 13.2 Å². The van der Waals surface area contributed by atoms with Crippen molar-refractivity contribution in [1.82, 2.24) is 14.1 Å². The Balaban J connectivity index is 1.68. The molecule has 2 aliphatic rings. The Labute approximate surface area is 145 Å².